The van der Waals surface area contributed by atoms with Crippen molar-refractivity contribution < 1.29 is 4.21 Å². The molecule has 0 radical (unpaired) electrons. The monoisotopic (exact) mass is 222 g/mol. The van der Waals surface area contributed by atoms with Gasteiger partial charge in [-0.1, -0.05) is 53.5 Å². The van der Waals surface area contributed by atoms with Gasteiger partial charge < -0.3 is 0 Å². The van der Waals surface area contributed by atoms with Gasteiger partial charge in [-0.05, 0) is 5.56 Å². The highest BCUT2D eigenvalue weighted by atomic mass is 35.5. The van der Waals surface area contributed by atoms with Crippen molar-refractivity contribution >= 4 is 34.0 Å². The molecule has 0 amide bonds. The first-order valence-electron chi connectivity index (χ1n) is 3.39. The Kier molecular flexibility index (Phi) is 4.06. The van der Waals surface area contributed by atoms with Crippen molar-refractivity contribution in [1.29, 1.82) is 0 Å². The normalized spacial score (nSPS) is 13.2. The fourth-order valence-corrected chi connectivity index (χ4v) is 1.83. The maximum atomic E-state index is 11.2. The summed E-state index contributed by atoms with van der Waals surface area (Å²) in [5.41, 5.74) is 0.988. The highest BCUT2D eigenvalue weighted by Crippen LogP contribution is 2.12. The molecule has 0 fully saturated rings. The second-order valence-electron chi connectivity index (χ2n) is 2.27. The van der Waals surface area contributed by atoms with Crippen LogP contribution in [0.4, 0.5) is 0 Å². The summed E-state index contributed by atoms with van der Waals surface area (Å²) in [7, 11) is -1.19. The molecule has 4 heteroatoms. The summed E-state index contributed by atoms with van der Waals surface area (Å²) in [6, 6.07) is 9.49. The number of rotatable bonds is 3. The number of alkyl halides is 2. The van der Waals surface area contributed by atoms with Gasteiger partial charge in [0.1, 0.15) is 0 Å². The van der Waals surface area contributed by atoms with E-state index < -0.39 is 15.0 Å². The smallest absolute Gasteiger partial charge is 0.182 e. The van der Waals surface area contributed by atoms with Crippen LogP contribution in [0.15, 0.2) is 30.3 Å². The Hall–Kier alpha value is -0.0500. The third-order valence-corrected chi connectivity index (χ3v) is 3.56. The topological polar surface area (TPSA) is 17.1 Å². The Morgan fingerprint density at radius 3 is 2.33 bits per heavy atom. The van der Waals surface area contributed by atoms with Crippen LogP contribution in [-0.4, -0.2) is 8.38 Å². The van der Waals surface area contributed by atoms with E-state index in [4.69, 9.17) is 23.2 Å². The maximum Gasteiger partial charge on any atom is 0.182 e. The molecule has 0 aliphatic carbocycles. The number of halogens is 2. The average Bonchev–Trinajstić information content (AvgIpc) is 2.06. The van der Waals surface area contributed by atoms with Crippen LogP contribution in [-0.2, 0) is 16.6 Å². The molecule has 0 heterocycles. The van der Waals surface area contributed by atoms with E-state index in [2.05, 4.69) is 0 Å². The average molecular weight is 223 g/mol. The number of hydrogen-bond donors (Lipinski definition) is 0. The molecule has 0 saturated heterocycles. The van der Waals surface area contributed by atoms with Gasteiger partial charge >= 0.3 is 0 Å². The quantitative estimate of drug-likeness (QED) is 0.720. The van der Waals surface area contributed by atoms with Crippen LogP contribution >= 0.6 is 23.2 Å². The van der Waals surface area contributed by atoms with Crippen LogP contribution in [0.1, 0.15) is 5.56 Å². The SMILES string of the molecule is O=S(Cc1ccccc1)C(Cl)Cl. The van der Waals surface area contributed by atoms with Gasteiger partial charge in [0, 0.05) is 0 Å². The van der Waals surface area contributed by atoms with Crippen LogP contribution in [0.5, 0.6) is 0 Å². The van der Waals surface area contributed by atoms with Crippen molar-refractivity contribution in [1.82, 2.24) is 0 Å². The molecule has 1 rings (SSSR count). The first-order valence-corrected chi connectivity index (χ1v) is 5.65. The van der Waals surface area contributed by atoms with Crippen LogP contribution in [0.2, 0.25) is 0 Å². The molecule has 12 heavy (non-hydrogen) atoms. The van der Waals surface area contributed by atoms with Crippen LogP contribution < -0.4 is 0 Å². The number of hydrogen-bond acceptors (Lipinski definition) is 1. The van der Waals surface area contributed by atoms with Gasteiger partial charge in [-0.3, -0.25) is 4.21 Å². The molecular weight excluding hydrogens is 215 g/mol. The van der Waals surface area contributed by atoms with Crippen LogP contribution in [0, 0.1) is 0 Å². The van der Waals surface area contributed by atoms with E-state index in [1.165, 1.54) is 0 Å². The molecule has 0 N–H and O–H groups in total. The third kappa shape index (κ3) is 3.13. The molecule has 1 aromatic carbocycles. The molecule has 0 saturated carbocycles. The highest BCUT2D eigenvalue weighted by Gasteiger charge is 2.09. The lowest BCUT2D eigenvalue weighted by molar-refractivity contribution is 0.684. The minimum atomic E-state index is -1.19. The Bertz CT molecular complexity index is 261. The van der Waals surface area contributed by atoms with Crippen molar-refractivity contribution in [2.45, 2.75) is 9.92 Å². The van der Waals surface area contributed by atoms with E-state index in [1.54, 1.807) is 0 Å². The molecule has 0 aliphatic heterocycles. The second kappa shape index (κ2) is 4.85. The molecular formula is C8H8Cl2OS. The first-order chi connectivity index (χ1) is 5.70. The van der Waals surface area contributed by atoms with Crippen molar-refractivity contribution in [2.24, 2.45) is 0 Å². The van der Waals surface area contributed by atoms with Crippen LogP contribution in [0.25, 0.3) is 0 Å². The van der Waals surface area contributed by atoms with Gasteiger partial charge in [-0.25, -0.2) is 0 Å². The molecule has 1 unspecified atom stereocenters. The standard InChI is InChI=1S/C8H8Cl2OS/c9-8(10)12(11)6-7-4-2-1-3-5-7/h1-5,8H,6H2. The van der Waals surface area contributed by atoms with E-state index in [1.807, 2.05) is 30.3 Å². The first kappa shape index (κ1) is 10.0. The summed E-state index contributed by atoms with van der Waals surface area (Å²) in [5.74, 6) is 0.415. The zero-order valence-electron chi connectivity index (χ0n) is 6.24. The van der Waals surface area contributed by atoms with E-state index in [-0.39, 0.29) is 0 Å². The summed E-state index contributed by atoms with van der Waals surface area (Å²) >= 11 is 10.9. The van der Waals surface area contributed by atoms with Crippen LogP contribution in [0.3, 0.4) is 0 Å². The molecule has 0 spiro atoms. The lowest BCUT2D eigenvalue weighted by Crippen LogP contribution is -2.02. The third-order valence-electron chi connectivity index (χ3n) is 1.35. The van der Waals surface area contributed by atoms with Crippen molar-refractivity contribution in [3.8, 4) is 0 Å². The second-order valence-corrected chi connectivity index (χ2v) is 5.41. The van der Waals surface area contributed by atoms with Gasteiger partial charge in [-0.2, -0.15) is 0 Å². The molecule has 66 valence electrons. The lowest BCUT2D eigenvalue weighted by atomic mass is 10.2. The van der Waals surface area contributed by atoms with Crippen molar-refractivity contribution in [3.63, 3.8) is 0 Å². The molecule has 1 nitrogen and oxygen atoms in total. The predicted octanol–water partition coefficient (Wildman–Crippen LogP) is 2.70. The lowest BCUT2D eigenvalue weighted by Gasteiger charge is -2.01. The van der Waals surface area contributed by atoms with E-state index >= 15 is 0 Å². The Morgan fingerprint density at radius 1 is 1.25 bits per heavy atom. The van der Waals surface area contributed by atoms with E-state index in [9.17, 15) is 4.21 Å². The summed E-state index contributed by atoms with van der Waals surface area (Å²) in [5, 5.41) is 0. The fourth-order valence-electron chi connectivity index (χ4n) is 0.801. The molecule has 1 atom stereocenters. The molecule has 0 bridgehead atoms. The van der Waals surface area contributed by atoms with Gasteiger partial charge in [0.15, 0.2) is 4.17 Å². The fraction of sp³-hybridized carbons (Fsp3) is 0.250. The Balaban J connectivity index is 2.59. The van der Waals surface area contributed by atoms with Gasteiger partial charge in [0.25, 0.3) is 0 Å². The van der Waals surface area contributed by atoms with Gasteiger partial charge in [-0.15, -0.1) is 0 Å². The molecule has 0 aliphatic rings. The highest BCUT2D eigenvalue weighted by molar-refractivity contribution is 7.87. The van der Waals surface area contributed by atoms with E-state index in [0.29, 0.717) is 5.75 Å². The molecule has 1 aromatic rings. The van der Waals surface area contributed by atoms with E-state index in [0.717, 1.165) is 5.56 Å². The largest absolute Gasteiger partial charge is 0.256 e. The predicted molar refractivity (Wildman–Crippen MR) is 53.8 cm³/mol. The molecule has 0 aromatic heterocycles. The van der Waals surface area contributed by atoms with Crippen molar-refractivity contribution in [3.05, 3.63) is 35.9 Å². The van der Waals surface area contributed by atoms with Gasteiger partial charge in [0.2, 0.25) is 0 Å². The summed E-state index contributed by atoms with van der Waals surface area (Å²) in [4.78, 5) is 0. The zero-order valence-corrected chi connectivity index (χ0v) is 8.57. The van der Waals surface area contributed by atoms with Gasteiger partial charge in [0.05, 0.1) is 16.6 Å². The summed E-state index contributed by atoms with van der Waals surface area (Å²) < 4.78 is 10.4. The number of benzene rings is 1. The summed E-state index contributed by atoms with van der Waals surface area (Å²) in [6.07, 6.45) is 0. The minimum absolute atomic E-state index is 0.415. The summed E-state index contributed by atoms with van der Waals surface area (Å²) in [6.45, 7) is 0. The maximum absolute atomic E-state index is 11.2. The minimum Gasteiger partial charge on any atom is -0.256 e. The zero-order chi connectivity index (χ0) is 8.97. The Morgan fingerprint density at radius 2 is 1.83 bits per heavy atom. The van der Waals surface area contributed by atoms with Crippen molar-refractivity contribution in [2.75, 3.05) is 0 Å². The Labute approximate surface area is 84.1 Å².